The zero-order valence-corrected chi connectivity index (χ0v) is 19.6. The van der Waals surface area contributed by atoms with Gasteiger partial charge in [-0.05, 0) is 47.8 Å². The van der Waals surface area contributed by atoms with Crippen molar-refractivity contribution < 1.29 is 9.59 Å². The molecule has 3 aliphatic rings. The summed E-state index contributed by atoms with van der Waals surface area (Å²) in [5.41, 5.74) is 2.67. The summed E-state index contributed by atoms with van der Waals surface area (Å²) in [6.45, 7) is 4.60. The molecule has 2 aliphatic heterocycles. The number of hydrogen-bond acceptors (Lipinski definition) is 4. The van der Waals surface area contributed by atoms with Crippen molar-refractivity contribution in [2.24, 2.45) is 5.92 Å². The second-order valence-corrected chi connectivity index (χ2v) is 10.5. The van der Waals surface area contributed by atoms with E-state index in [0.29, 0.717) is 18.2 Å². The van der Waals surface area contributed by atoms with Gasteiger partial charge in [0.2, 0.25) is 11.8 Å². The quantitative estimate of drug-likeness (QED) is 0.698. The van der Waals surface area contributed by atoms with E-state index in [1.807, 2.05) is 22.4 Å². The van der Waals surface area contributed by atoms with Gasteiger partial charge in [-0.1, -0.05) is 43.2 Å². The Kier molecular flexibility index (Phi) is 6.60. The molecule has 1 saturated carbocycles. The van der Waals surface area contributed by atoms with Gasteiger partial charge < -0.3 is 9.80 Å². The second kappa shape index (κ2) is 9.75. The van der Waals surface area contributed by atoms with Crippen molar-refractivity contribution in [3.63, 3.8) is 0 Å². The van der Waals surface area contributed by atoms with Gasteiger partial charge in [0, 0.05) is 44.1 Å². The summed E-state index contributed by atoms with van der Waals surface area (Å²) in [7, 11) is 0. The fourth-order valence-electron chi connectivity index (χ4n) is 5.72. The molecular formula is C26H33N3O2S. The van der Waals surface area contributed by atoms with Crippen molar-refractivity contribution in [2.75, 3.05) is 32.7 Å². The zero-order valence-electron chi connectivity index (χ0n) is 18.7. The lowest BCUT2D eigenvalue weighted by Crippen LogP contribution is -2.59. The predicted octanol–water partition coefficient (Wildman–Crippen LogP) is 3.58. The highest BCUT2D eigenvalue weighted by Crippen LogP contribution is 2.33. The molecule has 2 fully saturated rings. The molecule has 3 heterocycles. The maximum Gasteiger partial charge on any atom is 0.240 e. The van der Waals surface area contributed by atoms with E-state index in [4.69, 9.17) is 0 Å². The zero-order chi connectivity index (χ0) is 21.9. The summed E-state index contributed by atoms with van der Waals surface area (Å²) < 4.78 is 0. The van der Waals surface area contributed by atoms with Crippen LogP contribution in [0.1, 0.15) is 41.7 Å². The van der Waals surface area contributed by atoms with E-state index in [9.17, 15) is 9.59 Å². The monoisotopic (exact) mass is 451 g/mol. The van der Waals surface area contributed by atoms with Gasteiger partial charge in [0.25, 0.3) is 0 Å². The molecule has 1 aliphatic carbocycles. The molecular weight excluding hydrogens is 418 g/mol. The summed E-state index contributed by atoms with van der Waals surface area (Å²) in [6, 6.07) is 12.5. The van der Waals surface area contributed by atoms with Crippen molar-refractivity contribution in [1.29, 1.82) is 0 Å². The van der Waals surface area contributed by atoms with Gasteiger partial charge >= 0.3 is 0 Å². The molecule has 5 nitrogen and oxygen atoms in total. The molecule has 0 unspecified atom stereocenters. The molecule has 1 aromatic carbocycles. The van der Waals surface area contributed by atoms with E-state index in [2.05, 4.69) is 34.1 Å². The Morgan fingerprint density at radius 3 is 2.38 bits per heavy atom. The number of benzene rings is 1. The molecule has 2 amide bonds. The third kappa shape index (κ3) is 4.62. The smallest absolute Gasteiger partial charge is 0.240 e. The Labute approximate surface area is 195 Å². The molecule has 0 bridgehead atoms. The molecule has 0 radical (unpaired) electrons. The molecule has 1 atom stereocenters. The largest absolute Gasteiger partial charge is 0.340 e. The topological polar surface area (TPSA) is 43.9 Å². The molecule has 1 saturated heterocycles. The van der Waals surface area contributed by atoms with Gasteiger partial charge in [0.1, 0.15) is 0 Å². The average molecular weight is 452 g/mol. The number of fused-ring (bicyclic) bond motifs is 1. The third-order valence-electron chi connectivity index (χ3n) is 7.51. The molecule has 2 aromatic rings. The number of amides is 2. The van der Waals surface area contributed by atoms with E-state index >= 15 is 0 Å². The standard InChI is InChI=1S/C26H33N3O2S/c30-24(18-23-10-5-17-32-23)27-13-15-28(16-14-27)25(21-7-2-3-8-21)26(31)29-12-11-20-6-1-4-9-22(20)19-29/h1,4-6,9-10,17,21,25H,2-3,7-8,11-16,18-19H2/t25-/m1/s1. The molecule has 1 aromatic heterocycles. The Hall–Kier alpha value is -2.18. The summed E-state index contributed by atoms with van der Waals surface area (Å²) in [4.78, 5) is 34.2. The minimum absolute atomic E-state index is 0.0303. The fraction of sp³-hybridized carbons (Fsp3) is 0.538. The lowest BCUT2D eigenvalue weighted by molar-refractivity contribution is -0.142. The first-order chi connectivity index (χ1) is 15.7. The van der Waals surface area contributed by atoms with E-state index in [0.717, 1.165) is 63.4 Å². The summed E-state index contributed by atoms with van der Waals surface area (Å²) in [5.74, 6) is 0.973. The Morgan fingerprint density at radius 1 is 0.906 bits per heavy atom. The number of carbonyl (C=O) groups is 2. The van der Waals surface area contributed by atoms with E-state index in [1.165, 1.54) is 24.0 Å². The van der Waals surface area contributed by atoms with E-state index in [1.54, 1.807) is 11.3 Å². The minimum Gasteiger partial charge on any atom is -0.340 e. The lowest BCUT2D eigenvalue weighted by Gasteiger charge is -2.43. The molecule has 5 rings (SSSR count). The van der Waals surface area contributed by atoms with Crippen molar-refractivity contribution in [2.45, 2.75) is 51.1 Å². The minimum atomic E-state index is -0.0303. The first-order valence-corrected chi connectivity index (χ1v) is 13.0. The Balaban J connectivity index is 1.25. The van der Waals surface area contributed by atoms with Gasteiger partial charge in [-0.25, -0.2) is 0 Å². The van der Waals surface area contributed by atoms with Crippen LogP contribution < -0.4 is 0 Å². The van der Waals surface area contributed by atoms with Crippen LogP contribution in [0.15, 0.2) is 41.8 Å². The molecule has 0 N–H and O–H groups in total. The van der Waals surface area contributed by atoms with Crippen LogP contribution in [0, 0.1) is 5.92 Å². The van der Waals surface area contributed by atoms with Gasteiger partial charge in [0.05, 0.1) is 12.5 Å². The van der Waals surface area contributed by atoms with Crippen LogP contribution >= 0.6 is 11.3 Å². The SMILES string of the molecule is O=C(Cc1cccs1)N1CCN([C@@H](C(=O)N2CCc3ccccc3C2)C2CCCC2)CC1. The number of carbonyl (C=O) groups excluding carboxylic acids is 2. The van der Waals surface area contributed by atoms with Gasteiger partial charge in [-0.2, -0.15) is 0 Å². The van der Waals surface area contributed by atoms with E-state index < -0.39 is 0 Å². The fourth-order valence-corrected chi connectivity index (χ4v) is 6.42. The number of piperazine rings is 1. The number of hydrogen-bond donors (Lipinski definition) is 0. The lowest BCUT2D eigenvalue weighted by atomic mass is 9.92. The maximum atomic E-state index is 13.8. The van der Waals surface area contributed by atoms with Crippen LogP contribution in [0.25, 0.3) is 0 Å². The normalized spacial score (nSPS) is 20.9. The van der Waals surface area contributed by atoms with Crippen LogP contribution in [-0.2, 0) is 29.0 Å². The van der Waals surface area contributed by atoms with Gasteiger partial charge in [0.15, 0.2) is 0 Å². The third-order valence-corrected chi connectivity index (χ3v) is 8.38. The van der Waals surface area contributed by atoms with E-state index in [-0.39, 0.29) is 11.9 Å². The van der Waals surface area contributed by atoms with Crippen molar-refractivity contribution in [3.8, 4) is 0 Å². The van der Waals surface area contributed by atoms with Crippen LogP contribution in [-0.4, -0.2) is 65.3 Å². The summed E-state index contributed by atoms with van der Waals surface area (Å²) in [6.07, 6.45) is 6.21. The average Bonchev–Trinajstić information content (AvgIpc) is 3.54. The van der Waals surface area contributed by atoms with Crippen molar-refractivity contribution >= 4 is 23.2 Å². The first-order valence-electron chi connectivity index (χ1n) is 12.1. The Morgan fingerprint density at radius 2 is 1.66 bits per heavy atom. The number of nitrogens with zero attached hydrogens (tertiary/aromatic N) is 3. The maximum absolute atomic E-state index is 13.8. The molecule has 0 spiro atoms. The number of rotatable bonds is 5. The Bertz CT molecular complexity index is 930. The van der Waals surface area contributed by atoms with Crippen LogP contribution in [0.5, 0.6) is 0 Å². The van der Waals surface area contributed by atoms with Crippen molar-refractivity contribution in [1.82, 2.24) is 14.7 Å². The number of thiophene rings is 1. The highest BCUT2D eigenvalue weighted by Gasteiger charge is 2.39. The van der Waals surface area contributed by atoms with Crippen LogP contribution in [0.4, 0.5) is 0 Å². The van der Waals surface area contributed by atoms with Crippen LogP contribution in [0.3, 0.4) is 0 Å². The first kappa shape index (κ1) is 21.7. The summed E-state index contributed by atoms with van der Waals surface area (Å²) in [5, 5.41) is 2.03. The highest BCUT2D eigenvalue weighted by molar-refractivity contribution is 7.10. The predicted molar refractivity (Wildman–Crippen MR) is 127 cm³/mol. The second-order valence-electron chi connectivity index (χ2n) is 9.44. The summed E-state index contributed by atoms with van der Waals surface area (Å²) >= 11 is 1.64. The van der Waals surface area contributed by atoms with Crippen LogP contribution in [0.2, 0.25) is 0 Å². The van der Waals surface area contributed by atoms with Gasteiger partial charge in [-0.3, -0.25) is 14.5 Å². The molecule has 32 heavy (non-hydrogen) atoms. The highest BCUT2D eigenvalue weighted by atomic mass is 32.1. The molecule has 6 heteroatoms. The van der Waals surface area contributed by atoms with Crippen molar-refractivity contribution in [3.05, 3.63) is 57.8 Å². The molecule has 170 valence electrons. The van der Waals surface area contributed by atoms with Gasteiger partial charge in [-0.15, -0.1) is 11.3 Å².